The van der Waals surface area contributed by atoms with Crippen LogP contribution >= 0.6 is 15.6 Å². The molecule has 0 aliphatic rings. The fraction of sp³-hybridized carbons (Fsp3) is 0.946. The number of unbranched alkanes of at least 4 members (excludes halogenated alkanes) is 36. The van der Waals surface area contributed by atoms with Gasteiger partial charge in [-0.3, -0.25) is 37.3 Å². The van der Waals surface area contributed by atoms with Crippen molar-refractivity contribution < 1.29 is 80.2 Å². The summed E-state index contributed by atoms with van der Waals surface area (Å²) in [5.41, 5.74) is 0. The molecule has 6 atom stereocenters. The molecule has 19 heteroatoms. The molecule has 0 saturated heterocycles. The lowest BCUT2D eigenvalue weighted by molar-refractivity contribution is -0.161. The van der Waals surface area contributed by atoms with E-state index in [0.29, 0.717) is 31.6 Å². The van der Waals surface area contributed by atoms with E-state index in [2.05, 4.69) is 55.4 Å². The number of ether oxygens (including phenoxy) is 4. The van der Waals surface area contributed by atoms with Crippen LogP contribution in [0.4, 0.5) is 0 Å². The molecular weight excluding hydrogens is 1220 g/mol. The number of esters is 4. The molecule has 0 aromatic heterocycles. The quantitative estimate of drug-likeness (QED) is 0.0222. The summed E-state index contributed by atoms with van der Waals surface area (Å²) in [4.78, 5) is 72.7. The van der Waals surface area contributed by atoms with Gasteiger partial charge in [0.25, 0.3) is 0 Å². The zero-order valence-electron chi connectivity index (χ0n) is 60.9. The number of hydrogen-bond acceptors (Lipinski definition) is 15. The van der Waals surface area contributed by atoms with Crippen LogP contribution in [0.25, 0.3) is 0 Å². The third-order valence-electron chi connectivity index (χ3n) is 17.4. The second kappa shape index (κ2) is 63.5. The van der Waals surface area contributed by atoms with E-state index in [4.69, 9.17) is 37.0 Å². The third kappa shape index (κ3) is 67.0. The highest BCUT2D eigenvalue weighted by Gasteiger charge is 2.30. The van der Waals surface area contributed by atoms with E-state index in [9.17, 15) is 43.2 Å². The van der Waals surface area contributed by atoms with Gasteiger partial charge in [0.2, 0.25) is 0 Å². The lowest BCUT2D eigenvalue weighted by atomic mass is 10.00. The zero-order chi connectivity index (χ0) is 68.9. The normalized spacial score (nSPS) is 14.5. The summed E-state index contributed by atoms with van der Waals surface area (Å²) >= 11 is 0. The van der Waals surface area contributed by atoms with Gasteiger partial charge in [0.15, 0.2) is 12.2 Å². The van der Waals surface area contributed by atoms with E-state index in [1.54, 1.807) is 0 Å². The number of hydrogen-bond donors (Lipinski definition) is 3. The molecule has 0 spiro atoms. The standard InChI is InChI=1S/C74H144O17P2/c1-9-67(8)53-45-37-32-33-39-47-55-72(77)85-61-70(91-74(79)56-48-40-29-23-19-15-11-10-13-17-21-26-34-42-50-64(2)3)63-89-93(82,83)87-59-68(75)58-86-92(80,81)88-62-69(60-84-71(76)54-46-38-31-25-28-36-44-52-66(6)7)90-73(78)57-49-41-30-24-20-16-12-14-18-22-27-35-43-51-65(4)5/h64-70,75H,9-63H2,1-8H3,(H,80,81)(H,82,83)/t67?,68?,69-,70-/m1/s1. The third-order valence-corrected chi connectivity index (χ3v) is 19.3. The van der Waals surface area contributed by atoms with Crippen LogP contribution in [-0.2, 0) is 65.4 Å². The molecule has 0 bridgehead atoms. The van der Waals surface area contributed by atoms with Gasteiger partial charge in [0.1, 0.15) is 19.3 Å². The number of carbonyl (C=O) groups is 4. The van der Waals surface area contributed by atoms with Gasteiger partial charge < -0.3 is 33.8 Å². The number of phosphoric acid groups is 2. The highest BCUT2D eigenvalue weighted by molar-refractivity contribution is 7.47. The van der Waals surface area contributed by atoms with Crippen LogP contribution in [0.5, 0.6) is 0 Å². The van der Waals surface area contributed by atoms with Crippen LogP contribution < -0.4 is 0 Å². The molecule has 0 aromatic carbocycles. The van der Waals surface area contributed by atoms with Gasteiger partial charge >= 0.3 is 39.5 Å². The Morgan fingerprint density at radius 1 is 0.301 bits per heavy atom. The highest BCUT2D eigenvalue weighted by Crippen LogP contribution is 2.45. The van der Waals surface area contributed by atoms with Crippen LogP contribution in [0.2, 0.25) is 0 Å². The van der Waals surface area contributed by atoms with Crippen LogP contribution in [-0.4, -0.2) is 96.7 Å². The summed E-state index contributed by atoms with van der Waals surface area (Å²) in [6.45, 7) is 14.1. The Morgan fingerprint density at radius 2 is 0.516 bits per heavy atom. The van der Waals surface area contributed by atoms with Crippen LogP contribution in [0.3, 0.4) is 0 Å². The number of aliphatic hydroxyl groups is 1. The van der Waals surface area contributed by atoms with E-state index in [0.717, 1.165) is 120 Å². The molecular formula is C74H144O17P2. The molecule has 0 aliphatic carbocycles. The molecule has 0 aromatic rings. The monoisotopic (exact) mass is 1370 g/mol. The molecule has 0 fully saturated rings. The van der Waals surface area contributed by atoms with Crippen molar-refractivity contribution in [3.63, 3.8) is 0 Å². The van der Waals surface area contributed by atoms with E-state index < -0.39 is 97.5 Å². The van der Waals surface area contributed by atoms with Crippen molar-refractivity contribution in [1.82, 2.24) is 0 Å². The molecule has 0 saturated carbocycles. The SMILES string of the molecule is CCC(C)CCCCCCCCC(=O)OC[C@H](COP(=O)(O)OCC(O)COP(=O)(O)OC[C@@H](COC(=O)CCCCCCCCCC(C)C)OC(=O)CCCCCCCCCCCCCCCC(C)C)OC(=O)CCCCCCCCCCCCCCCCC(C)C. The van der Waals surface area contributed by atoms with Gasteiger partial charge in [-0.15, -0.1) is 0 Å². The molecule has 0 rings (SSSR count). The molecule has 0 heterocycles. The first-order valence-electron chi connectivity index (χ1n) is 38.2. The fourth-order valence-corrected chi connectivity index (χ4v) is 12.7. The fourth-order valence-electron chi connectivity index (χ4n) is 11.2. The maximum Gasteiger partial charge on any atom is 0.472 e. The summed E-state index contributed by atoms with van der Waals surface area (Å²) in [7, 11) is -9.91. The smallest absolute Gasteiger partial charge is 0.462 e. The topological polar surface area (TPSA) is 237 Å². The Labute approximate surface area is 568 Å². The average molecular weight is 1370 g/mol. The maximum absolute atomic E-state index is 13.0. The Bertz CT molecular complexity index is 1840. The first kappa shape index (κ1) is 91.1. The van der Waals surface area contributed by atoms with Gasteiger partial charge in [0, 0.05) is 25.7 Å². The van der Waals surface area contributed by atoms with Crippen molar-refractivity contribution >= 4 is 39.5 Å². The van der Waals surface area contributed by atoms with Gasteiger partial charge in [-0.25, -0.2) is 9.13 Å². The van der Waals surface area contributed by atoms with Gasteiger partial charge in [0.05, 0.1) is 26.4 Å². The van der Waals surface area contributed by atoms with Crippen molar-refractivity contribution in [3.05, 3.63) is 0 Å². The van der Waals surface area contributed by atoms with Gasteiger partial charge in [-0.05, 0) is 49.4 Å². The number of carbonyl (C=O) groups excluding carboxylic acids is 4. The number of rotatable bonds is 71. The van der Waals surface area contributed by atoms with Crippen molar-refractivity contribution in [2.24, 2.45) is 23.7 Å². The summed E-state index contributed by atoms with van der Waals surface area (Å²) in [6, 6.07) is 0. The highest BCUT2D eigenvalue weighted by atomic mass is 31.2. The zero-order valence-corrected chi connectivity index (χ0v) is 62.7. The molecule has 93 heavy (non-hydrogen) atoms. The molecule has 3 N–H and O–H groups in total. The van der Waals surface area contributed by atoms with Gasteiger partial charge in [-0.2, -0.15) is 0 Å². The van der Waals surface area contributed by atoms with Crippen molar-refractivity contribution in [1.29, 1.82) is 0 Å². The predicted octanol–water partition coefficient (Wildman–Crippen LogP) is 21.3. The lowest BCUT2D eigenvalue weighted by Crippen LogP contribution is -2.30. The molecule has 0 aliphatic heterocycles. The van der Waals surface area contributed by atoms with Crippen molar-refractivity contribution in [3.8, 4) is 0 Å². The molecule has 552 valence electrons. The summed E-state index contributed by atoms with van der Waals surface area (Å²) in [5, 5.41) is 10.6. The Hall–Kier alpha value is -1.94. The molecule has 4 unspecified atom stereocenters. The summed E-state index contributed by atoms with van der Waals surface area (Å²) < 4.78 is 68.4. The molecule has 0 amide bonds. The first-order chi connectivity index (χ1) is 44.6. The Balaban J connectivity index is 5.23. The first-order valence-corrected chi connectivity index (χ1v) is 41.2. The minimum Gasteiger partial charge on any atom is -0.462 e. The number of aliphatic hydroxyl groups excluding tert-OH is 1. The van der Waals surface area contributed by atoms with E-state index in [1.165, 1.54) is 161 Å². The van der Waals surface area contributed by atoms with Crippen LogP contribution in [0.15, 0.2) is 0 Å². The Morgan fingerprint density at radius 3 is 0.763 bits per heavy atom. The largest absolute Gasteiger partial charge is 0.472 e. The molecule has 17 nitrogen and oxygen atoms in total. The van der Waals surface area contributed by atoms with Crippen molar-refractivity contribution in [2.75, 3.05) is 39.6 Å². The maximum atomic E-state index is 13.0. The van der Waals surface area contributed by atoms with E-state index >= 15 is 0 Å². The Kier molecular flexibility index (Phi) is 62.2. The van der Waals surface area contributed by atoms with Gasteiger partial charge in [-0.1, -0.05) is 319 Å². The molecule has 0 radical (unpaired) electrons. The minimum atomic E-state index is -4.95. The van der Waals surface area contributed by atoms with Crippen LogP contribution in [0, 0.1) is 23.7 Å². The average Bonchev–Trinajstić information content (AvgIpc) is 2.12. The summed E-state index contributed by atoms with van der Waals surface area (Å²) in [6.07, 6.45) is 47.3. The van der Waals surface area contributed by atoms with E-state index in [1.807, 2.05) is 0 Å². The second-order valence-corrected chi connectivity index (χ2v) is 31.3. The lowest BCUT2D eigenvalue weighted by Gasteiger charge is -2.21. The van der Waals surface area contributed by atoms with Crippen LogP contribution in [0.1, 0.15) is 370 Å². The predicted molar refractivity (Wildman–Crippen MR) is 377 cm³/mol. The van der Waals surface area contributed by atoms with E-state index in [-0.39, 0.29) is 25.7 Å². The van der Waals surface area contributed by atoms with Crippen molar-refractivity contribution in [2.45, 2.75) is 388 Å². The minimum absolute atomic E-state index is 0.106. The summed E-state index contributed by atoms with van der Waals surface area (Å²) in [5.74, 6) is 0.892. The number of phosphoric ester groups is 2. The second-order valence-electron chi connectivity index (χ2n) is 28.4.